The molecule has 1 fully saturated rings. The second kappa shape index (κ2) is 4.96. The topological polar surface area (TPSA) is 86.0 Å². The summed E-state index contributed by atoms with van der Waals surface area (Å²) in [6.07, 6.45) is 2.52. The Morgan fingerprint density at radius 2 is 2.06 bits per heavy atom. The minimum atomic E-state index is 0.186. The van der Waals surface area contributed by atoms with E-state index in [9.17, 15) is 0 Å². The van der Waals surface area contributed by atoms with E-state index in [0.717, 1.165) is 6.54 Å². The smallest absolute Gasteiger partial charge is 0.323 e. The maximum Gasteiger partial charge on any atom is 0.323 e. The number of hydrogen-bond acceptors (Lipinski definition) is 6. The van der Waals surface area contributed by atoms with Crippen LogP contribution in [-0.4, -0.2) is 28.1 Å². The molecule has 0 amide bonds. The summed E-state index contributed by atoms with van der Waals surface area (Å²) in [5.41, 5.74) is 6.02. The summed E-state index contributed by atoms with van der Waals surface area (Å²) < 4.78 is 5.24. The van der Waals surface area contributed by atoms with Gasteiger partial charge >= 0.3 is 6.01 Å². The highest BCUT2D eigenvalue weighted by Crippen LogP contribution is 2.51. The van der Waals surface area contributed by atoms with Crippen molar-refractivity contribution in [3.63, 3.8) is 0 Å². The number of anilines is 2. The van der Waals surface area contributed by atoms with Gasteiger partial charge in [0.15, 0.2) is 0 Å². The number of nitrogen functional groups attached to an aromatic ring is 1. The van der Waals surface area contributed by atoms with Crippen LogP contribution in [0.4, 0.5) is 11.9 Å². The third kappa shape index (κ3) is 2.80. The second-order valence-electron chi connectivity index (χ2n) is 5.10. The highest BCUT2D eigenvalue weighted by atomic mass is 16.5. The highest BCUT2D eigenvalue weighted by Gasteiger charge is 2.45. The van der Waals surface area contributed by atoms with Crippen LogP contribution in [0.15, 0.2) is 0 Å². The summed E-state index contributed by atoms with van der Waals surface area (Å²) >= 11 is 0. The normalized spacial score (nSPS) is 16.7. The SMILES string of the molecule is CCOc1nc(N)nc(NCC2(C(C)C)CC2)n1. The maximum absolute atomic E-state index is 5.62. The largest absolute Gasteiger partial charge is 0.464 e. The molecule has 18 heavy (non-hydrogen) atoms. The first-order valence-corrected chi connectivity index (χ1v) is 6.44. The predicted octanol–water partition coefficient (Wildman–Crippen LogP) is 1.70. The van der Waals surface area contributed by atoms with Crippen molar-refractivity contribution < 1.29 is 4.74 Å². The number of rotatable bonds is 6. The van der Waals surface area contributed by atoms with Crippen LogP contribution in [0.5, 0.6) is 6.01 Å². The standard InChI is InChI=1S/C12H21N5O/c1-4-18-11-16-9(13)15-10(17-11)14-7-12(5-6-12)8(2)3/h8H,4-7H2,1-3H3,(H3,13,14,15,16,17). The van der Waals surface area contributed by atoms with E-state index < -0.39 is 0 Å². The summed E-state index contributed by atoms with van der Waals surface area (Å²) in [5.74, 6) is 1.35. The Morgan fingerprint density at radius 3 is 2.61 bits per heavy atom. The van der Waals surface area contributed by atoms with Crippen LogP contribution in [0.1, 0.15) is 33.6 Å². The Hall–Kier alpha value is -1.59. The lowest BCUT2D eigenvalue weighted by molar-refractivity contribution is 0.312. The third-order valence-corrected chi connectivity index (χ3v) is 3.62. The van der Waals surface area contributed by atoms with Crippen LogP contribution >= 0.6 is 0 Å². The van der Waals surface area contributed by atoms with Gasteiger partial charge in [-0.1, -0.05) is 13.8 Å². The molecule has 0 unspecified atom stereocenters. The molecular formula is C12H21N5O. The zero-order valence-electron chi connectivity index (χ0n) is 11.2. The average Bonchev–Trinajstić information content (AvgIpc) is 3.07. The van der Waals surface area contributed by atoms with Crippen molar-refractivity contribution in [1.82, 2.24) is 15.0 Å². The summed E-state index contributed by atoms with van der Waals surface area (Å²) in [7, 11) is 0. The molecular weight excluding hydrogens is 230 g/mol. The van der Waals surface area contributed by atoms with Gasteiger partial charge in [-0.3, -0.25) is 0 Å². The van der Waals surface area contributed by atoms with Crippen molar-refractivity contribution in [2.45, 2.75) is 33.6 Å². The molecule has 0 bridgehead atoms. The van der Waals surface area contributed by atoms with Gasteiger partial charge in [-0.25, -0.2) is 0 Å². The lowest BCUT2D eigenvalue weighted by Crippen LogP contribution is -2.22. The molecule has 0 aliphatic heterocycles. The van der Waals surface area contributed by atoms with Crippen LogP contribution < -0.4 is 15.8 Å². The molecule has 1 aromatic heterocycles. The first-order valence-electron chi connectivity index (χ1n) is 6.44. The Kier molecular flexibility index (Phi) is 3.54. The van der Waals surface area contributed by atoms with Gasteiger partial charge in [-0.15, -0.1) is 0 Å². The molecule has 2 rings (SSSR count). The quantitative estimate of drug-likeness (QED) is 0.800. The van der Waals surface area contributed by atoms with Gasteiger partial charge in [0.2, 0.25) is 11.9 Å². The summed E-state index contributed by atoms with van der Waals surface area (Å²) in [6, 6.07) is 0.280. The third-order valence-electron chi connectivity index (χ3n) is 3.62. The van der Waals surface area contributed by atoms with Crippen molar-refractivity contribution >= 4 is 11.9 Å². The van der Waals surface area contributed by atoms with Crippen LogP contribution in [-0.2, 0) is 0 Å². The Balaban J connectivity index is 2.01. The van der Waals surface area contributed by atoms with Crippen molar-refractivity contribution in [1.29, 1.82) is 0 Å². The van der Waals surface area contributed by atoms with Crippen LogP contribution in [0, 0.1) is 11.3 Å². The first-order chi connectivity index (χ1) is 8.55. The zero-order chi connectivity index (χ0) is 13.2. The van der Waals surface area contributed by atoms with Crippen LogP contribution in [0.2, 0.25) is 0 Å². The molecule has 0 aromatic carbocycles. The van der Waals surface area contributed by atoms with E-state index in [1.807, 2.05) is 6.92 Å². The molecule has 0 atom stereocenters. The van der Waals surface area contributed by atoms with E-state index in [2.05, 4.69) is 34.1 Å². The van der Waals surface area contributed by atoms with E-state index in [1.54, 1.807) is 0 Å². The number of nitrogens with zero attached hydrogens (tertiary/aromatic N) is 3. The van der Waals surface area contributed by atoms with E-state index >= 15 is 0 Å². The van der Waals surface area contributed by atoms with Crippen molar-refractivity contribution in [3.05, 3.63) is 0 Å². The van der Waals surface area contributed by atoms with Gasteiger partial charge in [-0.05, 0) is 31.1 Å². The van der Waals surface area contributed by atoms with Crippen molar-refractivity contribution in [3.8, 4) is 6.01 Å². The number of aromatic nitrogens is 3. The lowest BCUT2D eigenvalue weighted by atomic mass is 9.92. The molecule has 1 aliphatic carbocycles. The molecule has 0 radical (unpaired) electrons. The van der Waals surface area contributed by atoms with Gasteiger partial charge in [-0.2, -0.15) is 15.0 Å². The zero-order valence-corrected chi connectivity index (χ0v) is 11.2. The van der Waals surface area contributed by atoms with Crippen molar-refractivity contribution in [2.24, 2.45) is 11.3 Å². The summed E-state index contributed by atoms with van der Waals surface area (Å²) in [6.45, 7) is 7.77. The Morgan fingerprint density at radius 1 is 1.33 bits per heavy atom. The molecule has 1 saturated carbocycles. The van der Waals surface area contributed by atoms with E-state index in [4.69, 9.17) is 10.5 Å². The lowest BCUT2D eigenvalue weighted by Gasteiger charge is -2.19. The van der Waals surface area contributed by atoms with Crippen LogP contribution in [0.3, 0.4) is 0 Å². The molecule has 0 saturated heterocycles. The molecule has 1 heterocycles. The van der Waals surface area contributed by atoms with Gasteiger partial charge in [0.1, 0.15) is 0 Å². The maximum atomic E-state index is 5.62. The minimum Gasteiger partial charge on any atom is -0.464 e. The van der Waals surface area contributed by atoms with Gasteiger partial charge in [0.05, 0.1) is 6.61 Å². The highest BCUT2D eigenvalue weighted by molar-refractivity contribution is 5.33. The minimum absolute atomic E-state index is 0.186. The van der Waals surface area contributed by atoms with Gasteiger partial charge < -0.3 is 15.8 Å². The molecule has 3 N–H and O–H groups in total. The number of ether oxygens (including phenoxy) is 1. The molecule has 6 nitrogen and oxygen atoms in total. The van der Waals surface area contributed by atoms with E-state index in [0.29, 0.717) is 23.9 Å². The fourth-order valence-electron chi connectivity index (χ4n) is 2.02. The molecule has 1 aromatic rings. The molecule has 100 valence electrons. The van der Waals surface area contributed by atoms with E-state index in [-0.39, 0.29) is 12.0 Å². The fourth-order valence-corrected chi connectivity index (χ4v) is 2.02. The second-order valence-corrected chi connectivity index (χ2v) is 5.10. The predicted molar refractivity (Wildman–Crippen MR) is 70.4 cm³/mol. The number of nitrogens with two attached hydrogens (primary N) is 1. The van der Waals surface area contributed by atoms with Gasteiger partial charge in [0, 0.05) is 6.54 Å². The fraction of sp³-hybridized carbons (Fsp3) is 0.750. The van der Waals surface area contributed by atoms with Crippen molar-refractivity contribution in [2.75, 3.05) is 24.2 Å². The Labute approximate surface area is 107 Å². The number of hydrogen-bond donors (Lipinski definition) is 2. The summed E-state index contributed by atoms with van der Waals surface area (Å²) in [5, 5.41) is 3.25. The average molecular weight is 251 g/mol. The van der Waals surface area contributed by atoms with E-state index in [1.165, 1.54) is 12.8 Å². The summed E-state index contributed by atoms with van der Waals surface area (Å²) in [4.78, 5) is 12.2. The molecule has 1 aliphatic rings. The molecule has 6 heteroatoms. The first kappa shape index (κ1) is 12.9. The number of nitrogens with one attached hydrogen (secondary N) is 1. The molecule has 0 spiro atoms. The Bertz CT molecular complexity index is 417. The van der Waals surface area contributed by atoms with Crippen LogP contribution in [0.25, 0.3) is 0 Å². The monoisotopic (exact) mass is 251 g/mol. The van der Waals surface area contributed by atoms with Gasteiger partial charge in [0.25, 0.3) is 0 Å².